The molecule has 0 radical (unpaired) electrons. The van der Waals surface area contributed by atoms with E-state index in [-0.39, 0.29) is 5.91 Å². The molecular weight excluding hydrogens is 276 g/mol. The summed E-state index contributed by atoms with van der Waals surface area (Å²) in [5.41, 5.74) is 1.46. The second kappa shape index (κ2) is 6.58. The van der Waals surface area contributed by atoms with E-state index in [0.717, 1.165) is 16.3 Å². The van der Waals surface area contributed by atoms with Gasteiger partial charge in [-0.3, -0.25) is 9.63 Å². The standard InChI is InChI=1S/C14H16N2O3S/c1-10-8-11(19-15-10)9-20-13-7-5-4-6-12(13)14(17)16(2)18-3/h4-8H,9H2,1-3H3. The number of thioether (sulfide) groups is 1. The highest BCUT2D eigenvalue weighted by molar-refractivity contribution is 7.98. The molecule has 2 aromatic rings. The summed E-state index contributed by atoms with van der Waals surface area (Å²) in [5, 5.41) is 5.05. The zero-order valence-corrected chi connectivity index (χ0v) is 12.4. The van der Waals surface area contributed by atoms with Gasteiger partial charge in [0.2, 0.25) is 0 Å². The first-order chi connectivity index (χ1) is 9.61. The van der Waals surface area contributed by atoms with Gasteiger partial charge in [-0.25, -0.2) is 5.06 Å². The molecule has 2 rings (SSSR count). The second-order valence-corrected chi connectivity index (χ2v) is 5.22. The summed E-state index contributed by atoms with van der Waals surface area (Å²) in [6.07, 6.45) is 0. The number of benzene rings is 1. The molecule has 1 heterocycles. The van der Waals surface area contributed by atoms with Crippen molar-refractivity contribution in [2.24, 2.45) is 0 Å². The van der Waals surface area contributed by atoms with Gasteiger partial charge in [-0.05, 0) is 19.1 Å². The predicted octanol–water partition coefficient (Wildman–Crippen LogP) is 2.91. The minimum atomic E-state index is -0.177. The molecule has 0 unspecified atom stereocenters. The van der Waals surface area contributed by atoms with Crippen molar-refractivity contribution in [2.75, 3.05) is 14.2 Å². The lowest BCUT2D eigenvalue weighted by molar-refractivity contribution is -0.0759. The Bertz CT molecular complexity index is 598. The number of hydroxylamine groups is 2. The van der Waals surface area contributed by atoms with E-state index in [9.17, 15) is 4.79 Å². The van der Waals surface area contributed by atoms with Crippen LogP contribution in [0.15, 0.2) is 39.8 Å². The van der Waals surface area contributed by atoms with Gasteiger partial charge in [0.05, 0.1) is 24.1 Å². The van der Waals surface area contributed by atoms with Crippen LogP contribution in [0, 0.1) is 6.92 Å². The van der Waals surface area contributed by atoms with Crippen LogP contribution in [0.2, 0.25) is 0 Å². The minimum Gasteiger partial charge on any atom is -0.360 e. The van der Waals surface area contributed by atoms with Crippen molar-refractivity contribution in [1.82, 2.24) is 10.2 Å². The molecular formula is C14H16N2O3S. The fraction of sp³-hybridized carbons (Fsp3) is 0.286. The van der Waals surface area contributed by atoms with Gasteiger partial charge in [-0.2, -0.15) is 0 Å². The Morgan fingerprint density at radius 1 is 1.45 bits per heavy atom. The van der Waals surface area contributed by atoms with Crippen molar-refractivity contribution in [1.29, 1.82) is 0 Å². The van der Waals surface area contributed by atoms with Crippen LogP contribution >= 0.6 is 11.8 Å². The molecule has 0 saturated heterocycles. The number of aryl methyl sites for hydroxylation is 1. The number of amides is 1. The van der Waals surface area contributed by atoms with Crippen LogP contribution in [0.1, 0.15) is 21.8 Å². The maximum Gasteiger partial charge on any atom is 0.278 e. The molecule has 1 amide bonds. The quantitative estimate of drug-likeness (QED) is 0.626. The average Bonchev–Trinajstić information content (AvgIpc) is 2.89. The highest BCUT2D eigenvalue weighted by atomic mass is 32.2. The minimum absolute atomic E-state index is 0.177. The van der Waals surface area contributed by atoms with Gasteiger partial charge >= 0.3 is 0 Å². The topological polar surface area (TPSA) is 55.6 Å². The molecule has 0 atom stereocenters. The van der Waals surface area contributed by atoms with Crippen LogP contribution in [-0.2, 0) is 10.6 Å². The fourth-order valence-corrected chi connectivity index (χ4v) is 2.57. The summed E-state index contributed by atoms with van der Waals surface area (Å²) in [6, 6.07) is 9.31. The number of hydrogen-bond acceptors (Lipinski definition) is 5. The first kappa shape index (κ1) is 14.6. The van der Waals surface area contributed by atoms with Crippen LogP contribution in [0.4, 0.5) is 0 Å². The van der Waals surface area contributed by atoms with Crippen molar-refractivity contribution in [3.63, 3.8) is 0 Å². The average molecular weight is 292 g/mol. The first-order valence-electron chi connectivity index (χ1n) is 6.08. The first-order valence-corrected chi connectivity index (χ1v) is 7.06. The van der Waals surface area contributed by atoms with Crippen LogP contribution in [0.3, 0.4) is 0 Å². The van der Waals surface area contributed by atoms with E-state index >= 15 is 0 Å². The maximum atomic E-state index is 12.2. The van der Waals surface area contributed by atoms with E-state index in [2.05, 4.69) is 5.16 Å². The van der Waals surface area contributed by atoms with E-state index < -0.39 is 0 Å². The van der Waals surface area contributed by atoms with Crippen LogP contribution < -0.4 is 0 Å². The molecule has 1 aromatic heterocycles. The van der Waals surface area contributed by atoms with Crippen molar-refractivity contribution < 1.29 is 14.2 Å². The van der Waals surface area contributed by atoms with Crippen molar-refractivity contribution >= 4 is 17.7 Å². The Morgan fingerprint density at radius 3 is 2.85 bits per heavy atom. The van der Waals surface area contributed by atoms with Gasteiger partial charge in [-0.1, -0.05) is 17.3 Å². The number of rotatable bonds is 5. The fourth-order valence-electron chi connectivity index (χ4n) is 1.65. The second-order valence-electron chi connectivity index (χ2n) is 4.20. The maximum absolute atomic E-state index is 12.2. The monoisotopic (exact) mass is 292 g/mol. The van der Waals surface area contributed by atoms with E-state index in [0.29, 0.717) is 11.3 Å². The number of carbonyl (C=O) groups excluding carboxylic acids is 1. The third kappa shape index (κ3) is 3.40. The van der Waals surface area contributed by atoms with E-state index in [1.54, 1.807) is 13.1 Å². The molecule has 0 spiro atoms. The summed E-state index contributed by atoms with van der Waals surface area (Å²) < 4.78 is 5.16. The molecule has 0 saturated carbocycles. The summed E-state index contributed by atoms with van der Waals surface area (Å²) in [5.74, 6) is 1.24. The largest absolute Gasteiger partial charge is 0.360 e. The number of hydrogen-bond donors (Lipinski definition) is 0. The molecule has 1 aromatic carbocycles. The van der Waals surface area contributed by atoms with Gasteiger partial charge < -0.3 is 4.52 Å². The molecule has 0 bridgehead atoms. The molecule has 5 nitrogen and oxygen atoms in total. The summed E-state index contributed by atoms with van der Waals surface area (Å²) >= 11 is 1.53. The Hall–Kier alpha value is -1.79. The highest BCUT2D eigenvalue weighted by Crippen LogP contribution is 2.27. The van der Waals surface area contributed by atoms with Gasteiger partial charge in [0, 0.05) is 18.0 Å². The number of aromatic nitrogens is 1. The third-order valence-corrected chi connectivity index (χ3v) is 3.82. The molecule has 0 fully saturated rings. The summed E-state index contributed by atoms with van der Waals surface area (Å²) in [6.45, 7) is 1.88. The molecule has 20 heavy (non-hydrogen) atoms. The van der Waals surface area contributed by atoms with Crippen LogP contribution in [0.5, 0.6) is 0 Å². The van der Waals surface area contributed by atoms with E-state index in [1.165, 1.54) is 23.9 Å². The molecule has 106 valence electrons. The van der Waals surface area contributed by atoms with Crippen LogP contribution in [0.25, 0.3) is 0 Å². The van der Waals surface area contributed by atoms with E-state index in [4.69, 9.17) is 9.36 Å². The molecule has 6 heteroatoms. The Kier molecular flexibility index (Phi) is 4.81. The van der Waals surface area contributed by atoms with Gasteiger partial charge in [0.15, 0.2) is 0 Å². The van der Waals surface area contributed by atoms with Gasteiger partial charge in [-0.15, -0.1) is 11.8 Å². The lowest BCUT2D eigenvalue weighted by Crippen LogP contribution is -2.25. The molecule has 0 aliphatic heterocycles. The molecule has 0 aliphatic carbocycles. The van der Waals surface area contributed by atoms with Gasteiger partial charge in [0.1, 0.15) is 5.76 Å². The van der Waals surface area contributed by atoms with Gasteiger partial charge in [0.25, 0.3) is 5.91 Å². The smallest absolute Gasteiger partial charge is 0.278 e. The lowest BCUT2D eigenvalue weighted by atomic mass is 10.2. The zero-order chi connectivity index (χ0) is 14.5. The number of nitrogens with zero attached hydrogens (tertiary/aromatic N) is 2. The lowest BCUT2D eigenvalue weighted by Gasteiger charge is -2.15. The zero-order valence-electron chi connectivity index (χ0n) is 11.6. The Labute approximate surface area is 121 Å². The Balaban J connectivity index is 2.13. The number of carbonyl (C=O) groups is 1. The molecule has 0 aliphatic rings. The normalized spacial score (nSPS) is 10.6. The molecule has 0 N–H and O–H groups in total. The van der Waals surface area contributed by atoms with E-state index in [1.807, 2.05) is 31.2 Å². The summed E-state index contributed by atoms with van der Waals surface area (Å²) in [7, 11) is 3.05. The Morgan fingerprint density at radius 2 is 2.20 bits per heavy atom. The summed E-state index contributed by atoms with van der Waals surface area (Å²) in [4.78, 5) is 18.0. The van der Waals surface area contributed by atoms with Crippen molar-refractivity contribution in [3.05, 3.63) is 47.3 Å². The predicted molar refractivity (Wildman–Crippen MR) is 76.3 cm³/mol. The van der Waals surface area contributed by atoms with Crippen LogP contribution in [-0.4, -0.2) is 30.3 Å². The SMILES string of the molecule is CON(C)C(=O)c1ccccc1SCc1cc(C)no1. The van der Waals surface area contributed by atoms with Crippen molar-refractivity contribution in [3.8, 4) is 0 Å². The third-order valence-electron chi connectivity index (χ3n) is 2.72. The van der Waals surface area contributed by atoms with Crippen molar-refractivity contribution in [2.45, 2.75) is 17.6 Å². The highest BCUT2D eigenvalue weighted by Gasteiger charge is 2.16.